The van der Waals surface area contributed by atoms with Gasteiger partial charge in [0, 0.05) is 0 Å². The molecule has 0 unspecified atom stereocenters. The molecule has 3 aromatic carbocycles. The molecule has 1 amide bonds. The molecular weight excluding hydrogens is 418 g/mol. The fraction of sp³-hybridized carbons (Fsp3) is 0.192. The molecule has 0 aliphatic heterocycles. The lowest BCUT2D eigenvalue weighted by molar-refractivity contribution is -0.119. The van der Waals surface area contributed by atoms with Gasteiger partial charge in [0.05, 0.1) is 29.2 Å². The lowest BCUT2D eigenvalue weighted by atomic mass is 10.1. The number of benzene rings is 3. The first-order valence-electron chi connectivity index (χ1n) is 10.5. The number of hydrogen-bond donors (Lipinski definition) is 1. The lowest BCUT2D eigenvalue weighted by Gasteiger charge is -2.16. The third-order valence-electron chi connectivity index (χ3n) is 5.30. The Morgan fingerprint density at radius 1 is 1.00 bits per heavy atom. The summed E-state index contributed by atoms with van der Waals surface area (Å²) in [7, 11) is 0. The Balaban J connectivity index is 1.57. The molecule has 5 nitrogen and oxygen atoms in total. The second-order valence-electron chi connectivity index (χ2n) is 7.78. The minimum atomic E-state index is -0.101. The van der Waals surface area contributed by atoms with Gasteiger partial charge in [-0.1, -0.05) is 84.1 Å². The van der Waals surface area contributed by atoms with Crippen LogP contribution in [0.2, 0.25) is 0 Å². The first kappa shape index (κ1) is 21.8. The Morgan fingerprint density at radius 3 is 2.44 bits per heavy atom. The maximum atomic E-state index is 13.2. The van der Waals surface area contributed by atoms with E-state index in [0.29, 0.717) is 22.6 Å². The molecule has 0 saturated heterocycles. The number of hydrogen-bond acceptors (Lipinski definition) is 4. The molecule has 162 valence electrons. The molecule has 0 aliphatic carbocycles. The van der Waals surface area contributed by atoms with E-state index in [2.05, 4.69) is 5.32 Å². The van der Waals surface area contributed by atoms with Gasteiger partial charge in [0.2, 0.25) is 5.91 Å². The van der Waals surface area contributed by atoms with E-state index in [1.807, 2.05) is 86.6 Å². The van der Waals surface area contributed by atoms with E-state index in [4.69, 9.17) is 4.98 Å². The number of fused-ring (bicyclic) bond motifs is 1. The summed E-state index contributed by atoms with van der Waals surface area (Å²) >= 11 is 1.28. The largest absolute Gasteiger partial charge is 0.349 e. The molecule has 4 rings (SSSR count). The van der Waals surface area contributed by atoms with Crippen molar-refractivity contribution in [2.24, 2.45) is 0 Å². The SMILES string of the molecule is Cc1ccc(Cn2c(SCC(=O)N[C@@H](C)c3ccccc3)nc3ccccc3c2=O)cc1. The predicted molar refractivity (Wildman–Crippen MR) is 130 cm³/mol. The van der Waals surface area contributed by atoms with Crippen molar-refractivity contribution in [3.8, 4) is 0 Å². The number of nitrogens with one attached hydrogen (secondary N) is 1. The smallest absolute Gasteiger partial charge is 0.262 e. The Bertz CT molecular complexity index is 1280. The molecule has 0 radical (unpaired) electrons. The number of nitrogens with zero attached hydrogens (tertiary/aromatic N) is 2. The normalized spacial score (nSPS) is 11.9. The standard InChI is InChI=1S/C26H25N3O2S/c1-18-12-14-20(15-13-18)16-29-25(31)22-10-6-7-11-23(22)28-26(29)32-17-24(30)27-19(2)21-8-4-3-5-9-21/h3-15,19H,16-17H2,1-2H3,(H,27,30)/t19-/m0/s1. The van der Waals surface area contributed by atoms with Gasteiger partial charge in [-0.05, 0) is 37.1 Å². The molecule has 4 aromatic rings. The molecule has 32 heavy (non-hydrogen) atoms. The van der Waals surface area contributed by atoms with Crippen LogP contribution in [0.5, 0.6) is 0 Å². The van der Waals surface area contributed by atoms with Crippen LogP contribution in [-0.2, 0) is 11.3 Å². The molecule has 0 bridgehead atoms. The molecule has 1 atom stereocenters. The van der Waals surface area contributed by atoms with Crippen LogP contribution in [0.4, 0.5) is 0 Å². The van der Waals surface area contributed by atoms with Crippen molar-refractivity contribution in [1.82, 2.24) is 14.9 Å². The van der Waals surface area contributed by atoms with Crippen LogP contribution < -0.4 is 10.9 Å². The molecule has 0 saturated carbocycles. The minimum absolute atomic E-state index is 0.0939. The number of carbonyl (C=O) groups excluding carboxylic acids is 1. The first-order valence-corrected chi connectivity index (χ1v) is 11.5. The van der Waals surface area contributed by atoms with Crippen LogP contribution in [0.1, 0.15) is 29.7 Å². The topological polar surface area (TPSA) is 64.0 Å². The molecule has 6 heteroatoms. The third-order valence-corrected chi connectivity index (χ3v) is 6.27. The summed E-state index contributed by atoms with van der Waals surface area (Å²) in [5.74, 6) is 0.0752. The second kappa shape index (κ2) is 9.83. The quantitative estimate of drug-likeness (QED) is 0.332. The number of para-hydroxylation sites is 1. The summed E-state index contributed by atoms with van der Waals surface area (Å²) in [5.41, 5.74) is 3.76. The number of carbonyl (C=O) groups is 1. The Morgan fingerprint density at radius 2 is 1.69 bits per heavy atom. The zero-order valence-corrected chi connectivity index (χ0v) is 18.9. The van der Waals surface area contributed by atoms with Crippen LogP contribution in [0.15, 0.2) is 88.8 Å². The summed E-state index contributed by atoms with van der Waals surface area (Å²) < 4.78 is 1.66. The van der Waals surface area contributed by atoms with Crippen molar-refractivity contribution in [2.75, 3.05) is 5.75 Å². The van der Waals surface area contributed by atoms with Crippen molar-refractivity contribution in [1.29, 1.82) is 0 Å². The van der Waals surface area contributed by atoms with Gasteiger partial charge in [0.25, 0.3) is 5.56 Å². The van der Waals surface area contributed by atoms with Gasteiger partial charge < -0.3 is 5.32 Å². The van der Waals surface area contributed by atoms with E-state index in [1.165, 1.54) is 11.8 Å². The van der Waals surface area contributed by atoms with Gasteiger partial charge in [-0.25, -0.2) is 4.98 Å². The summed E-state index contributed by atoms with van der Waals surface area (Å²) in [6.45, 7) is 4.39. The number of rotatable bonds is 7. The molecule has 0 aliphatic rings. The Kier molecular flexibility index (Phi) is 6.71. The monoisotopic (exact) mass is 443 g/mol. The van der Waals surface area contributed by atoms with Crippen LogP contribution in [0.3, 0.4) is 0 Å². The van der Waals surface area contributed by atoms with Gasteiger partial charge in [-0.15, -0.1) is 0 Å². The van der Waals surface area contributed by atoms with E-state index in [9.17, 15) is 9.59 Å². The highest BCUT2D eigenvalue weighted by Crippen LogP contribution is 2.20. The molecule has 1 aromatic heterocycles. The third kappa shape index (κ3) is 5.08. The average molecular weight is 444 g/mol. The van der Waals surface area contributed by atoms with Crippen molar-refractivity contribution < 1.29 is 4.79 Å². The van der Waals surface area contributed by atoms with Gasteiger partial charge in [-0.3, -0.25) is 14.2 Å². The fourth-order valence-electron chi connectivity index (χ4n) is 3.51. The van der Waals surface area contributed by atoms with Gasteiger partial charge in [-0.2, -0.15) is 0 Å². The lowest BCUT2D eigenvalue weighted by Crippen LogP contribution is -2.29. The summed E-state index contributed by atoms with van der Waals surface area (Å²) in [4.78, 5) is 30.6. The van der Waals surface area contributed by atoms with Crippen LogP contribution in [-0.4, -0.2) is 21.2 Å². The maximum absolute atomic E-state index is 13.2. The fourth-order valence-corrected chi connectivity index (χ4v) is 4.32. The molecule has 1 N–H and O–H groups in total. The summed E-state index contributed by atoms with van der Waals surface area (Å²) in [5, 5.41) is 4.13. The molecule has 0 fully saturated rings. The number of aromatic nitrogens is 2. The van der Waals surface area contributed by atoms with Crippen molar-refractivity contribution >= 4 is 28.6 Å². The van der Waals surface area contributed by atoms with E-state index < -0.39 is 0 Å². The van der Waals surface area contributed by atoms with Crippen molar-refractivity contribution in [3.63, 3.8) is 0 Å². The molecule has 0 spiro atoms. The number of amides is 1. The molecular formula is C26H25N3O2S. The Hall–Kier alpha value is -3.38. The van der Waals surface area contributed by atoms with Gasteiger partial charge in [0.1, 0.15) is 0 Å². The van der Waals surface area contributed by atoms with E-state index >= 15 is 0 Å². The van der Waals surface area contributed by atoms with Crippen molar-refractivity contribution in [3.05, 3.63) is 106 Å². The van der Waals surface area contributed by atoms with Crippen LogP contribution in [0.25, 0.3) is 10.9 Å². The van der Waals surface area contributed by atoms with E-state index in [0.717, 1.165) is 16.7 Å². The van der Waals surface area contributed by atoms with Crippen LogP contribution in [0, 0.1) is 6.92 Å². The van der Waals surface area contributed by atoms with E-state index in [1.54, 1.807) is 10.6 Å². The zero-order chi connectivity index (χ0) is 22.5. The second-order valence-corrected chi connectivity index (χ2v) is 8.72. The van der Waals surface area contributed by atoms with Gasteiger partial charge >= 0.3 is 0 Å². The van der Waals surface area contributed by atoms with E-state index in [-0.39, 0.29) is 23.3 Å². The summed E-state index contributed by atoms with van der Waals surface area (Å²) in [6.07, 6.45) is 0. The Labute approximate surface area is 191 Å². The van der Waals surface area contributed by atoms with Crippen molar-refractivity contribution in [2.45, 2.75) is 31.6 Å². The average Bonchev–Trinajstić information content (AvgIpc) is 2.81. The predicted octanol–water partition coefficient (Wildman–Crippen LogP) is 4.72. The number of aryl methyl sites for hydroxylation is 1. The highest BCUT2D eigenvalue weighted by molar-refractivity contribution is 7.99. The minimum Gasteiger partial charge on any atom is -0.349 e. The zero-order valence-electron chi connectivity index (χ0n) is 18.1. The highest BCUT2D eigenvalue weighted by atomic mass is 32.2. The first-order chi connectivity index (χ1) is 15.5. The number of thioether (sulfide) groups is 1. The van der Waals surface area contributed by atoms with Gasteiger partial charge in [0.15, 0.2) is 5.16 Å². The highest BCUT2D eigenvalue weighted by Gasteiger charge is 2.15. The van der Waals surface area contributed by atoms with Crippen LogP contribution >= 0.6 is 11.8 Å². The summed E-state index contributed by atoms with van der Waals surface area (Å²) in [6, 6.07) is 25.1. The maximum Gasteiger partial charge on any atom is 0.262 e. The molecule has 1 heterocycles.